The maximum atomic E-state index is 13.0. The number of hydrogen-bond donors (Lipinski definition) is 2. The quantitative estimate of drug-likeness (QED) is 0.629. The summed E-state index contributed by atoms with van der Waals surface area (Å²) in [6.07, 6.45) is 2.01. The molecule has 2 rings (SSSR count). The van der Waals surface area contributed by atoms with Crippen molar-refractivity contribution >= 4 is 11.6 Å². The topological polar surface area (TPSA) is 38.0 Å². The Balaban J connectivity index is 2.04. The first-order chi connectivity index (χ1) is 7.61. The third-order valence-corrected chi connectivity index (χ3v) is 3.63. The summed E-state index contributed by atoms with van der Waals surface area (Å²) in [5.41, 5.74) is 3.86. The molecule has 3 atom stereocenters. The van der Waals surface area contributed by atoms with Gasteiger partial charge in [0.2, 0.25) is 0 Å². The third kappa shape index (κ3) is 2.54. The van der Waals surface area contributed by atoms with Gasteiger partial charge in [0.1, 0.15) is 5.82 Å². The lowest BCUT2D eigenvalue weighted by molar-refractivity contribution is 0.454. The normalized spacial score (nSPS) is 25.5. The van der Waals surface area contributed by atoms with Crippen LogP contribution in [0, 0.1) is 17.7 Å². The molecule has 88 valence electrons. The number of hydrazine groups is 1. The number of hydrogen-bond acceptors (Lipinski definition) is 2. The molecule has 0 bridgehead atoms. The lowest BCUT2D eigenvalue weighted by atomic mass is 10.0. The van der Waals surface area contributed by atoms with Crippen molar-refractivity contribution in [3.8, 4) is 0 Å². The number of rotatable bonds is 4. The molecule has 2 nitrogen and oxygen atoms in total. The summed E-state index contributed by atoms with van der Waals surface area (Å²) in [4.78, 5) is 0. The van der Waals surface area contributed by atoms with Crippen LogP contribution >= 0.6 is 11.6 Å². The maximum Gasteiger partial charge on any atom is 0.141 e. The van der Waals surface area contributed by atoms with Crippen molar-refractivity contribution in [1.82, 2.24) is 5.43 Å². The summed E-state index contributed by atoms with van der Waals surface area (Å²) in [7, 11) is 0. The minimum Gasteiger partial charge on any atom is -0.271 e. The Hall–Kier alpha value is -0.640. The summed E-state index contributed by atoms with van der Waals surface area (Å²) in [6, 6.07) is 5.10. The molecule has 4 heteroatoms. The van der Waals surface area contributed by atoms with Crippen molar-refractivity contribution in [2.45, 2.75) is 25.8 Å². The molecule has 1 aliphatic rings. The van der Waals surface area contributed by atoms with Crippen molar-refractivity contribution in [2.75, 3.05) is 0 Å². The molecule has 0 amide bonds. The van der Waals surface area contributed by atoms with Crippen molar-refractivity contribution in [3.63, 3.8) is 0 Å². The largest absolute Gasteiger partial charge is 0.271 e. The van der Waals surface area contributed by atoms with Crippen LogP contribution < -0.4 is 11.3 Å². The molecule has 3 unspecified atom stereocenters. The molecule has 1 fully saturated rings. The molecule has 0 saturated heterocycles. The molecule has 0 aliphatic heterocycles. The van der Waals surface area contributed by atoms with Crippen molar-refractivity contribution in [1.29, 1.82) is 0 Å². The fourth-order valence-electron chi connectivity index (χ4n) is 2.17. The average Bonchev–Trinajstić information content (AvgIpc) is 2.97. The minimum atomic E-state index is -0.373. The Kier molecular flexibility index (Phi) is 3.47. The number of nitrogens with two attached hydrogens (primary N) is 1. The zero-order valence-electron chi connectivity index (χ0n) is 9.21. The molecule has 3 N–H and O–H groups in total. The molecule has 1 aromatic rings. The van der Waals surface area contributed by atoms with Gasteiger partial charge in [-0.3, -0.25) is 11.3 Å². The van der Waals surface area contributed by atoms with Crippen LogP contribution in [0.15, 0.2) is 18.2 Å². The highest BCUT2D eigenvalue weighted by atomic mass is 35.5. The molecule has 16 heavy (non-hydrogen) atoms. The van der Waals surface area contributed by atoms with Gasteiger partial charge in [0, 0.05) is 6.04 Å². The Morgan fingerprint density at radius 2 is 2.31 bits per heavy atom. The Morgan fingerprint density at radius 1 is 1.62 bits per heavy atom. The first kappa shape index (κ1) is 11.8. The van der Waals surface area contributed by atoms with Crippen LogP contribution in [-0.2, 0) is 6.42 Å². The molecule has 0 spiro atoms. The summed E-state index contributed by atoms with van der Waals surface area (Å²) in [5.74, 6) is 6.53. The third-order valence-electron chi connectivity index (χ3n) is 3.34. The van der Waals surface area contributed by atoms with E-state index in [2.05, 4.69) is 12.3 Å². The molecular formula is C12H16ClFN2. The van der Waals surface area contributed by atoms with E-state index in [0.29, 0.717) is 5.92 Å². The van der Waals surface area contributed by atoms with Crippen LogP contribution in [0.2, 0.25) is 5.02 Å². The fraction of sp³-hybridized carbons (Fsp3) is 0.500. The van der Waals surface area contributed by atoms with E-state index in [-0.39, 0.29) is 16.9 Å². The molecule has 0 radical (unpaired) electrons. The zero-order chi connectivity index (χ0) is 11.7. The van der Waals surface area contributed by atoms with E-state index in [9.17, 15) is 4.39 Å². The second-order valence-corrected chi connectivity index (χ2v) is 5.01. The number of nitrogens with one attached hydrogen (secondary N) is 1. The van der Waals surface area contributed by atoms with Gasteiger partial charge in [0.15, 0.2) is 0 Å². The van der Waals surface area contributed by atoms with Gasteiger partial charge < -0.3 is 0 Å². The van der Waals surface area contributed by atoms with Gasteiger partial charge in [0.25, 0.3) is 0 Å². The van der Waals surface area contributed by atoms with E-state index in [1.165, 1.54) is 12.5 Å². The van der Waals surface area contributed by atoms with E-state index < -0.39 is 0 Å². The van der Waals surface area contributed by atoms with Gasteiger partial charge in [-0.1, -0.05) is 24.6 Å². The monoisotopic (exact) mass is 242 g/mol. The fourth-order valence-corrected chi connectivity index (χ4v) is 2.37. The van der Waals surface area contributed by atoms with Crippen LogP contribution in [0.25, 0.3) is 0 Å². The average molecular weight is 243 g/mol. The summed E-state index contributed by atoms with van der Waals surface area (Å²) in [5, 5.41) is 0.178. The van der Waals surface area contributed by atoms with Crippen LogP contribution in [0.5, 0.6) is 0 Å². The molecule has 0 heterocycles. The summed E-state index contributed by atoms with van der Waals surface area (Å²) >= 11 is 5.74. The standard InChI is InChI=1S/C12H16ClFN2/c1-7-4-9(7)12(16-15)6-8-2-3-11(14)10(13)5-8/h2-3,5,7,9,12,16H,4,6,15H2,1H3. The van der Waals surface area contributed by atoms with Gasteiger partial charge in [0.05, 0.1) is 5.02 Å². The number of benzene rings is 1. The zero-order valence-corrected chi connectivity index (χ0v) is 9.97. The van der Waals surface area contributed by atoms with Crippen LogP contribution in [-0.4, -0.2) is 6.04 Å². The van der Waals surface area contributed by atoms with E-state index in [1.807, 2.05) is 0 Å². The summed E-state index contributed by atoms with van der Waals surface area (Å²) in [6.45, 7) is 2.21. The number of halogens is 2. The van der Waals surface area contributed by atoms with Gasteiger partial charge in [-0.2, -0.15) is 0 Å². The highest BCUT2D eigenvalue weighted by Crippen LogP contribution is 2.41. The predicted molar refractivity (Wildman–Crippen MR) is 63.5 cm³/mol. The predicted octanol–water partition coefficient (Wildman–Crippen LogP) is 2.51. The lowest BCUT2D eigenvalue weighted by Crippen LogP contribution is -2.38. The summed E-state index contributed by atoms with van der Waals surface area (Å²) < 4.78 is 13.0. The molecule has 0 aromatic heterocycles. The van der Waals surface area contributed by atoms with Gasteiger partial charge in [-0.15, -0.1) is 0 Å². The molecule has 1 aliphatic carbocycles. The van der Waals surface area contributed by atoms with Crippen LogP contribution in [0.4, 0.5) is 4.39 Å². The van der Waals surface area contributed by atoms with E-state index in [1.54, 1.807) is 12.1 Å². The Morgan fingerprint density at radius 3 is 2.81 bits per heavy atom. The highest BCUT2D eigenvalue weighted by molar-refractivity contribution is 6.30. The minimum absolute atomic E-state index is 0.178. The van der Waals surface area contributed by atoms with Crippen molar-refractivity contribution in [3.05, 3.63) is 34.6 Å². The van der Waals surface area contributed by atoms with Gasteiger partial charge >= 0.3 is 0 Å². The maximum absolute atomic E-state index is 13.0. The highest BCUT2D eigenvalue weighted by Gasteiger charge is 2.38. The molecular weight excluding hydrogens is 227 g/mol. The van der Waals surface area contributed by atoms with Crippen molar-refractivity contribution in [2.24, 2.45) is 17.7 Å². The smallest absolute Gasteiger partial charge is 0.141 e. The van der Waals surface area contributed by atoms with E-state index >= 15 is 0 Å². The Labute approximate surface area is 99.9 Å². The van der Waals surface area contributed by atoms with Crippen LogP contribution in [0.3, 0.4) is 0 Å². The second kappa shape index (κ2) is 4.70. The Bertz CT molecular complexity index is 383. The van der Waals surface area contributed by atoms with Crippen LogP contribution in [0.1, 0.15) is 18.9 Å². The first-order valence-corrected chi connectivity index (χ1v) is 5.89. The van der Waals surface area contributed by atoms with Gasteiger partial charge in [-0.25, -0.2) is 4.39 Å². The van der Waals surface area contributed by atoms with Gasteiger partial charge in [-0.05, 0) is 42.4 Å². The van der Waals surface area contributed by atoms with E-state index in [4.69, 9.17) is 17.4 Å². The molecule has 1 saturated carbocycles. The molecule has 1 aromatic carbocycles. The SMILES string of the molecule is CC1CC1C(Cc1ccc(F)c(Cl)c1)NN. The van der Waals surface area contributed by atoms with E-state index in [0.717, 1.165) is 17.9 Å². The lowest BCUT2D eigenvalue weighted by Gasteiger charge is -2.15. The van der Waals surface area contributed by atoms with Crippen molar-refractivity contribution < 1.29 is 4.39 Å². The second-order valence-electron chi connectivity index (χ2n) is 4.60. The first-order valence-electron chi connectivity index (χ1n) is 5.52.